The molecule has 1 fully saturated rings. The van der Waals surface area contributed by atoms with Crippen LogP contribution in [0, 0.1) is 0 Å². The van der Waals surface area contributed by atoms with Gasteiger partial charge in [0.25, 0.3) is 11.8 Å². The van der Waals surface area contributed by atoms with Crippen molar-refractivity contribution in [2.24, 2.45) is 0 Å². The maximum Gasteiger partial charge on any atom is 0.287 e. The van der Waals surface area contributed by atoms with E-state index in [1.165, 1.54) is 16.7 Å². The molecule has 0 spiro atoms. The summed E-state index contributed by atoms with van der Waals surface area (Å²) in [6.07, 6.45) is 3.80. The fraction of sp³-hybridized carbons (Fsp3) is 0.459. The highest BCUT2D eigenvalue weighted by atomic mass is 16.5. The number of ether oxygens (including phenoxy) is 1. The lowest BCUT2D eigenvalue weighted by molar-refractivity contribution is 0.0833. The van der Waals surface area contributed by atoms with Crippen LogP contribution >= 0.6 is 0 Å². The van der Waals surface area contributed by atoms with Crippen LogP contribution in [0.3, 0.4) is 0 Å². The van der Waals surface area contributed by atoms with Crippen molar-refractivity contribution in [2.45, 2.75) is 57.0 Å². The van der Waals surface area contributed by atoms with Crippen LogP contribution in [-0.2, 0) is 30.7 Å². The van der Waals surface area contributed by atoms with Crippen LogP contribution in [0.25, 0.3) is 11.3 Å². The second-order valence-corrected chi connectivity index (χ2v) is 13.8. The third-order valence-corrected chi connectivity index (χ3v) is 9.94. The Labute approximate surface area is 297 Å². The Kier molecular flexibility index (Phi) is 11.0. The molecule has 2 amide bonds. The van der Waals surface area contributed by atoms with E-state index < -0.39 is 12.2 Å². The molecule has 2 unspecified atom stereocenters. The molecule has 7 N–H and O–H groups in total. The van der Waals surface area contributed by atoms with E-state index in [2.05, 4.69) is 76.2 Å². The first kappa shape index (κ1) is 34.8. The van der Waals surface area contributed by atoms with Gasteiger partial charge in [0.15, 0.2) is 5.82 Å². The molecule has 4 aromatic rings. The van der Waals surface area contributed by atoms with Crippen molar-refractivity contribution in [1.29, 1.82) is 0 Å². The SMILES string of the molecule is O=C(NCC(O)CN1CCc2ccc(-c3cnc(C(=O)NCC(O)CN4CCc5ccccc5C4)[nH]3)cc2C1)c1cc(NC2CCOCC2)n[nH]1. The van der Waals surface area contributed by atoms with E-state index in [1.807, 2.05) is 12.1 Å². The molecular weight excluding hydrogens is 650 g/mol. The lowest BCUT2D eigenvalue weighted by Crippen LogP contribution is -2.42. The number of rotatable bonds is 13. The Hall–Kier alpha value is -4.60. The number of carbonyl (C=O) groups excluding carboxylic acids is 2. The van der Waals surface area contributed by atoms with Gasteiger partial charge in [0.05, 0.1) is 24.1 Å². The summed E-state index contributed by atoms with van der Waals surface area (Å²) >= 11 is 0. The number of H-pyrrole nitrogens is 2. The minimum atomic E-state index is -0.745. The fourth-order valence-electron chi connectivity index (χ4n) is 7.12. The van der Waals surface area contributed by atoms with Crippen molar-refractivity contribution < 1.29 is 24.5 Å². The molecule has 14 heteroatoms. The number of carbonyl (C=O) groups is 2. The van der Waals surface area contributed by atoms with Crippen molar-refractivity contribution >= 4 is 17.6 Å². The molecule has 2 aromatic heterocycles. The van der Waals surface area contributed by atoms with Gasteiger partial charge in [-0.2, -0.15) is 5.10 Å². The van der Waals surface area contributed by atoms with Crippen LogP contribution in [0.5, 0.6) is 0 Å². The Balaban J connectivity index is 0.858. The Morgan fingerprint density at radius 3 is 2.27 bits per heavy atom. The van der Waals surface area contributed by atoms with Crippen LogP contribution in [0.1, 0.15) is 56.2 Å². The minimum absolute atomic E-state index is 0.118. The maximum absolute atomic E-state index is 12.9. The summed E-state index contributed by atoms with van der Waals surface area (Å²) in [4.78, 5) is 37.4. The molecule has 14 nitrogen and oxygen atoms in total. The smallest absolute Gasteiger partial charge is 0.287 e. The standard InChI is InChI=1S/C37H47N9O5/c47-30(17-39-36(49)32-16-34(44-43-32)41-29-9-13-51-14-10-29)23-46-12-8-25-5-6-26(15-28(25)21-46)33-19-38-35(42-33)37(50)40-18-31(48)22-45-11-7-24-3-1-2-4-27(24)20-45/h1-6,15-16,19,29-31,47-48H,7-14,17-18,20-23H2,(H,38,42)(H,39,49)(H,40,50)(H2,41,43,44). The summed E-state index contributed by atoms with van der Waals surface area (Å²) in [5.41, 5.74) is 7.00. The summed E-state index contributed by atoms with van der Waals surface area (Å²) in [5, 5.41) is 37.3. The number of benzene rings is 2. The zero-order valence-corrected chi connectivity index (χ0v) is 28.7. The first-order valence-electron chi connectivity index (χ1n) is 17.9. The average molecular weight is 698 g/mol. The summed E-state index contributed by atoms with van der Waals surface area (Å²) in [7, 11) is 0. The second-order valence-electron chi connectivity index (χ2n) is 13.8. The first-order chi connectivity index (χ1) is 24.9. The molecule has 0 bridgehead atoms. The summed E-state index contributed by atoms with van der Waals surface area (Å²) in [5.74, 6) is 0.131. The zero-order valence-electron chi connectivity index (χ0n) is 28.7. The quantitative estimate of drug-likeness (QED) is 0.109. The number of fused-ring (bicyclic) bond motifs is 2. The Morgan fingerprint density at radius 2 is 1.53 bits per heavy atom. The highest BCUT2D eigenvalue weighted by Gasteiger charge is 2.23. The molecule has 2 aromatic carbocycles. The molecule has 5 heterocycles. The summed E-state index contributed by atoms with van der Waals surface area (Å²) in [6.45, 7) is 5.70. The van der Waals surface area contributed by atoms with Gasteiger partial charge in [0, 0.05) is 77.7 Å². The molecule has 3 aliphatic rings. The van der Waals surface area contributed by atoms with E-state index in [9.17, 15) is 19.8 Å². The van der Waals surface area contributed by atoms with Gasteiger partial charge in [-0.05, 0) is 59.6 Å². The fourth-order valence-corrected chi connectivity index (χ4v) is 7.12. The highest BCUT2D eigenvalue weighted by Crippen LogP contribution is 2.26. The number of aromatic nitrogens is 4. The zero-order chi connectivity index (χ0) is 35.2. The van der Waals surface area contributed by atoms with E-state index in [0.717, 1.165) is 62.1 Å². The number of hydrogen-bond donors (Lipinski definition) is 7. The average Bonchev–Trinajstić information content (AvgIpc) is 3.84. The number of aliphatic hydroxyl groups excluding tert-OH is 2. The maximum atomic E-state index is 12.9. The van der Waals surface area contributed by atoms with Crippen molar-refractivity contribution in [3.05, 3.63) is 88.5 Å². The third-order valence-electron chi connectivity index (χ3n) is 9.94. The number of nitrogens with one attached hydrogen (secondary N) is 5. The normalized spacial score (nSPS) is 18.0. The number of nitrogens with zero attached hydrogens (tertiary/aromatic N) is 4. The Bertz CT molecular complexity index is 1800. The van der Waals surface area contributed by atoms with Crippen LogP contribution in [0.4, 0.5) is 5.82 Å². The van der Waals surface area contributed by atoms with Crippen molar-refractivity contribution in [2.75, 3.05) is 57.8 Å². The van der Waals surface area contributed by atoms with Gasteiger partial charge in [-0.15, -0.1) is 0 Å². The topological polar surface area (TPSA) is 184 Å². The number of imidazole rings is 1. The minimum Gasteiger partial charge on any atom is -0.390 e. The molecule has 0 aliphatic carbocycles. The van der Waals surface area contributed by atoms with Crippen molar-refractivity contribution in [1.82, 2.24) is 40.6 Å². The lowest BCUT2D eigenvalue weighted by Gasteiger charge is -2.30. The lowest BCUT2D eigenvalue weighted by atomic mass is 9.96. The number of aliphatic hydroxyl groups is 2. The predicted octanol–water partition coefficient (Wildman–Crippen LogP) is 1.69. The Morgan fingerprint density at radius 1 is 0.863 bits per heavy atom. The second kappa shape index (κ2) is 16.2. The molecule has 3 aliphatic heterocycles. The van der Waals surface area contributed by atoms with E-state index in [-0.39, 0.29) is 36.8 Å². The number of anilines is 1. The molecule has 1 saturated heterocycles. The van der Waals surface area contributed by atoms with Crippen LogP contribution in [0.2, 0.25) is 0 Å². The molecule has 2 atom stereocenters. The molecular formula is C37H47N9O5. The third kappa shape index (κ3) is 9.01. The van der Waals surface area contributed by atoms with Crippen LogP contribution < -0.4 is 16.0 Å². The van der Waals surface area contributed by atoms with Crippen LogP contribution in [-0.4, -0.2) is 123 Å². The molecule has 0 saturated carbocycles. The summed E-state index contributed by atoms with van der Waals surface area (Å²) < 4.78 is 5.39. The first-order valence-corrected chi connectivity index (χ1v) is 17.9. The van der Waals surface area contributed by atoms with Gasteiger partial charge in [0.2, 0.25) is 0 Å². The van der Waals surface area contributed by atoms with Crippen molar-refractivity contribution in [3.8, 4) is 11.3 Å². The van der Waals surface area contributed by atoms with Gasteiger partial charge in [-0.1, -0.05) is 36.4 Å². The number of aromatic amines is 2. The number of amides is 2. The van der Waals surface area contributed by atoms with Crippen LogP contribution in [0.15, 0.2) is 54.7 Å². The van der Waals surface area contributed by atoms with E-state index >= 15 is 0 Å². The van der Waals surface area contributed by atoms with Gasteiger partial charge < -0.3 is 35.9 Å². The number of hydrogen-bond acceptors (Lipinski definition) is 10. The van der Waals surface area contributed by atoms with E-state index in [1.54, 1.807) is 12.3 Å². The molecule has 7 rings (SSSR count). The van der Waals surface area contributed by atoms with E-state index in [4.69, 9.17) is 4.74 Å². The number of β-amino-alcohol motifs (C(OH)–C–C–N with tert-alkyl or cyclic N) is 2. The molecule has 270 valence electrons. The van der Waals surface area contributed by atoms with E-state index in [0.29, 0.717) is 44.4 Å². The monoisotopic (exact) mass is 697 g/mol. The van der Waals surface area contributed by atoms with Gasteiger partial charge >= 0.3 is 0 Å². The summed E-state index contributed by atoms with van der Waals surface area (Å²) in [6, 6.07) is 16.6. The molecule has 0 radical (unpaired) electrons. The van der Waals surface area contributed by atoms with Gasteiger partial charge in [-0.3, -0.25) is 24.5 Å². The van der Waals surface area contributed by atoms with Gasteiger partial charge in [0.1, 0.15) is 11.5 Å². The van der Waals surface area contributed by atoms with Gasteiger partial charge in [-0.25, -0.2) is 4.98 Å². The largest absolute Gasteiger partial charge is 0.390 e. The molecule has 51 heavy (non-hydrogen) atoms. The van der Waals surface area contributed by atoms with Crippen molar-refractivity contribution in [3.63, 3.8) is 0 Å². The predicted molar refractivity (Wildman–Crippen MR) is 191 cm³/mol. The highest BCUT2D eigenvalue weighted by molar-refractivity contribution is 5.93.